The van der Waals surface area contributed by atoms with Crippen molar-refractivity contribution in [2.45, 2.75) is 52.0 Å². The van der Waals surface area contributed by atoms with Crippen LogP contribution in [0.4, 0.5) is 5.69 Å². The second-order valence-electron chi connectivity index (χ2n) is 5.86. The molecule has 0 bridgehead atoms. The fraction of sp³-hybridized carbons (Fsp3) is 0.600. The number of aryl methyl sites for hydroxylation is 2. The van der Waals surface area contributed by atoms with E-state index in [1.807, 2.05) is 20.8 Å². The highest BCUT2D eigenvalue weighted by Gasteiger charge is 2.26. The maximum absolute atomic E-state index is 12.7. The molecule has 5 nitrogen and oxygen atoms in total. The van der Waals surface area contributed by atoms with Crippen molar-refractivity contribution in [3.05, 3.63) is 22.8 Å². The summed E-state index contributed by atoms with van der Waals surface area (Å²) in [5.74, 6) is 0.0929. The first kappa shape index (κ1) is 17.9. The monoisotopic (exact) mass is 314 g/mol. The number of aliphatic hydroxyl groups excluding tert-OH is 1. The van der Waals surface area contributed by atoms with Gasteiger partial charge in [-0.1, -0.05) is 19.9 Å². The maximum atomic E-state index is 12.7. The molecule has 0 aliphatic carbocycles. The smallest absolute Gasteiger partial charge is 0.241 e. The van der Waals surface area contributed by atoms with E-state index < -0.39 is 10.0 Å². The van der Waals surface area contributed by atoms with E-state index in [1.54, 1.807) is 19.9 Å². The molecule has 1 aromatic carbocycles. The lowest BCUT2D eigenvalue weighted by atomic mass is 10.0. The van der Waals surface area contributed by atoms with E-state index in [9.17, 15) is 8.42 Å². The van der Waals surface area contributed by atoms with Gasteiger partial charge in [-0.25, -0.2) is 13.1 Å². The Morgan fingerprint density at radius 2 is 1.81 bits per heavy atom. The zero-order valence-electron chi connectivity index (χ0n) is 13.4. The lowest BCUT2D eigenvalue weighted by molar-refractivity contribution is 0.256. The predicted molar refractivity (Wildman–Crippen MR) is 85.7 cm³/mol. The summed E-state index contributed by atoms with van der Waals surface area (Å²) in [6.45, 7) is 9.14. The Labute approximate surface area is 127 Å². The molecule has 6 heteroatoms. The topological polar surface area (TPSA) is 92.4 Å². The average Bonchev–Trinajstić information content (AvgIpc) is 2.34. The SMILES string of the molecule is Cc1cc(C)c(S(=O)(=O)NC(CCO)C(C)C)c(C)c1N. The summed E-state index contributed by atoms with van der Waals surface area (Å²) >= 11 is 0. The molecule has 0 aliphatic rings. The molecule has 0 spiro atoms. The summed E-state index contributed by atoms with van der Waals surface area (Å²) in [6, 6.07) is 1.48. The molecule has 21 heavy (non-hydrogen) atoms. The highest BCUT2D eigenvalue weighted by molar-refractivity contribution is 7.89. The molecule has 0 saturated carbocycles. The van der Waals surface area contributed by atoms with Gasteiger partial charge in [0, 0.05) is 18.3 Å². The zero-order valence-corrected chi connectivity index (χ0v) is 14.2. The number of nitrogens with one attached hydrogen (secondary N) is 1. The first-order valence-corrected chi connectivity index (χ1v) is 8.59. The second-order valence-corrected chi connectivity index (χ2v) is 7.51. The number of nitrogen functional groups attached to an aromatic ring is 1. The fourth-order valence-corrected chi connectivity index (χ4v) is 4.42. The summed E-state index contributed by atoms with van der Waals surface area (Å²) in [6.07, 6.45) is 0.385. The summed E-state index contributed by atoms with van der Waals surface area (Å²) in [4.78, 5) is 0.245. The van der Waals surface area contributed by atoms with Crippen LogP contribution in [0.15, 0.2) is 11.0 Å². The van der Waals surface area contributed by atoms with Crippen molar-refractivity contribution < 1.29 is 13.5 Å². The number of nitrogens with two attached hydrogens (primary N) is 1. The molecule has 1 rings (SSSR count). The van der Waals surface area contributed by atoms with E-state index in [2.05, 4.69) is 4.72 Å². The van der Waals surface area contributed by atoms with Crippen LogP contribution in [0.25, 0.3) is 0 Å². The van der Waals surface area contributed by atoms with E-state index in [0.29, 0.717) is 23.2 Å². The largest absolute Gasteiger partial charge is 0.398 e. The van der Waals surface area contributed by atoms with Crippen molar-refractivity contribution in [3.63, 3.8) is 0 Å². The van der Waals surface area contributed by atoms with Crippen molar-refractivity contribution in [3.8, 4) is 0 Å². The van der Waals surface area contributed by atoms with Crippen molar-refractivity contribution in [2.75, 3.05) is 12.3 Å². The van der Waals surface area contributed by atoms with Gasteiger partial charge in [0.25, 0.3) is 0 Å². The quantitative estimate of drug-likeness (QED) is 0.699. The molecule has 0 radical (unpaired) electrons. The van der Waals surface area contributed by atoms with Crippen LogP contribution in [-0.4, -0.2) is 26.2 Å². The molecule has 0 saturated heterocycles. The van der Waals surface area contributed by atoms with Gasteiger partial charge in [-0.15, -0.1) is 0 Å². The van der Waals surface area contributed by atoms with E-state index in [1.165, 1.54) is 0 Å². The number of sulfonamides is 1. The van der Waals surface area contributed by atoms with Gasteiger partial charge in [0.15, 0.2) is 0 Å². The van der Waals surface area contributed by atoms with Gasteiger partial charge >= 0.3 is 0 Å². The van der Waals surface area contributed by atoms with Crippen LogP contribution in [0, 0.1) is 26.7 Å². The molecule has 0 heterocycles. The molecule has 0 aromatic heterocycles. The van der Waals surface area contributed by atoms with Gasteiger partial charge in [-0.3, -0.25) is 0 Å². The Hall–Kier alpha value is -1.11. The Morgan fingerprint density at radius 1 is 1.24 bits per heavy atom. The molecule has 4 N–H and O–H groups in total. The Bertz CT molecular complexity index is 610. The molecule has 0 aliphatic heterocycles. The Morgan fingerprint density at radius 3 is 2.29 bits per heavy atom. The summed E-state index contributed by atoms with van der Waals surface area (Å²) < 4.78 is 28.1. The van der Waals surface area contributed by atoms with Crippen LogP contribution < -0.4 is 10.5 Å². The zero-order chi connectivity index (χ0) is 16.4. The summed E-state index contributed by atoms with van der Waals surface area (Å²) in [7, 11) is -3.67. The lowest BCUT2D eigenvalue weighted by Crippen LogP contribution is -2.39. The van der Waals surface area contributed by atoms with Crippen LogP contribution in [0.1, 0.15) is 37.0 Å². The third kappa shape index (κ3) is 3.96. The molecule has 0 fully saturated rings. The number of benzene rings is 1. The lowest BCUT2D eigenvalue weighted by Gasteiger charge is -2.23. The molecule has 0 amide bonds. The highest BCUT2D eigenvalue weighted by Crippen LogP contribution is 2.28. The van der Waals surface area contributed by atoms with Crippen LogP contribution in [0.2, 0.25) is 0 Å². The van der Waals surface area contributed by atoms with Crippen LogP contribution in [-0.2, 0) is 10.0 Å². The maximum Gasteiger partial charge on any atom is 0.241 e. The summed E-state index contributed by atoms with van der Waals surface area (Å²) in [5, 5.41) is 9.09. The molecule has 120 valence electrons. The first-order chi connectivity index (χ1) is 9.61. The van der Waals surface area contributed by atoms with E-state index in [-0.39, 0.29) is 23.5 Å². The van der Waals surface area contributed by atoms with Gasteiger partial charge in [-0.05, 0) is 49.8 Å². The fourth-order valence-electron chi connectivity index (χ4n) is 2.52. The molecule has 1 atom stereocenters. The Balaban J connectivity index is 3.29. The number of aliphatic hydroxyl groups is 1. The van der Waals surface area contributed by atoms with Gasteiger partial charge in [0.1, 0.15) is 0 Å². The first-order valence-electron chi connectivity index (χ1n) is 7.11. The molecular weight excluding hydrogens is 288 g/mol. The van der Waals surface area contributed by atoms with Crippen molar-refractivity contribution >= 4 is 15.7 Å². The third-order valence-corrected chi connectivity index (χ3v) is 5.56. The minimum atomic E-state index is -3.67. The van der Waals surface area contributed by atoms with Crippen molar-refractivity contribution in [2.24, 2.45) is 5.92 Å². The highest BCUT2D eigenvalue weighted by atomic mass is 32.2. The van der Waals surface area contributed by atoms with Crippen molar-refractivity contribution in [1.82, 2.24) is 4.72 Å². The normalized spacial score (nSPS) is 13.7. The van der Waals surface area contributed by atoms with Gasteiger partial charge in [-0.2, -0.15) is 0 Å². The second kappa shape index (κ2) is 6.77. The van der Waals surface area contributed by atoms with Gasteiger partial charge in [0.05, 0.1) is 4.90 Å². The minimum absolute atomic E-state index is 0.0562. The van der Waals surface area contributed by atoms with Crippen LogP contribution in [0.3, 0.4) is 0 Å². The van der Waals surface area contributed by atoms with Gasteiger partial charge in [0.2, 0.25) is 10.0 Å². The Kier molecular flexibility index (Phi) is 5.78. The number of anilines is 1. The van der Waals surface area contributed by atoms with Crippen LogP contribution >= 0.6 is 0 Å². The van der Waals surface area contributed by atoms with E-state index >= 15 is 0 Å². The summed E-state index contributed by atoms with van der Waals surface area (Å²) in [5.41, 5.74) is 8.60. The third-order valence-electron chi connectivity index (χ3n) is 3.78. The molecule has 1 unspecified atom stereocenters. The van der Waals surface area contributed by atoms with E-state index in [4.69, 9.17) is 10.8 Å². The number of rotatable bonds is 6. The average molecular weight is 314 g/mol. The van der Waals surface area contributed by atoms with E-state index in [0.717, 1.165) is 5.56 Å². The number of hydrogen-bond acceptors (Lipinski definition) is 4. The van der Waals surface area contributed by atoms with Crippen molar-refractivity contribution in [1.29, 1.82) is 0 Å². The predicted octanol–water partition coefficient (Wildman–Crippen LogP) is 1.88. The van der Waals surface area contributed by atoms with Gasteiger partial charge < -0.3 is 10.8 Å². The number of hydrogen-bond donors (Lipinski definition) is 3. The van der Waals surface area contributed by atoms with Crippen LogP contribution in [0.5, 0.6) is 0 Å². The standard InChI is InChI=1S/C15H26N2O3S/c1-9(2)13(6-7-18)17-21(19,20)15-11(4)8-10(3)14(16)12(15)5/h8-9,13,17-18H,6-7,16H2,1-5H3. The molecular formula is C15H26N2O3S. The molecule has 1 aromatic rings. The minimum Gasteiger partial charge on any atom is -0.398 e.